The van der Waals surface area contributed by atoms with Crippen molar-refractivity contribution in [2.75, 3.05) is 0 Å². The van der Waals surface area contributed by atoms with E-state index in [2.05, 4.69) is 27.1 Å². The molecular formula is C72H60N4O. The molecule has 14 rings (SSSR count). The topological polar surface area (TPSA) is 35.9 Å². The fourth-order valence-electron chi connectivity index (χ4n) is 10.6. The van der Waals surface area contributed by atoms with E-state index < -0.39 is 156 Å². The van der Waals surface area contributed by atoms with Crippen LogP contribution in [-0.2, 0) is 16.2 Å². The minimum Gasteiger partial charge on any atom is -0.458 e. The van der Waals surface area contributed by atoms with Gasteiger partial charge in [-0.05, 0) is 162 Å². The Morgan fingerprint density at radius 2 is 1.27 bits per heavy atom. The van der Waals surface area contributed by atoms with Crippen LogP contribution in [0.4, 0.5) is 0 Å². The molecule has 374 valence electrons. The standard InChI is InChI=1S/C72H60N4O/c1-70(2,3)50-34-37-73-68(42-50)76-64-27-16-15-26-58(64)60-32-30-53(44-66(60)76)77-52-21-17-20-51(43-52)74-45-75-65-40-48(46-18-9-8-10-19-46)28-31-59(65)56-24-13-11-22-54(56)55-23-12-14-25-57(55)61-38-49(41-67(74)69(61)75)47-29-33-62-63(39-47)72(6,7)36-35-71(62,4)5/h8-34,37-44H,35-36H2,1-7H3/i4D3,5D3,6D3,7D3,11D,12D,13D,14D,22D,23D,24D,25D,29D,33D,35D2,36D2,39D. The number of benzene rings is 9. The second-order valence-corrected chi connectivity index (χ2v) is 20.3. The minimum absolute atomic E-state index is 0.0646. The van der Waals surface area contributed by atoms with Gasteiger partial charge < -0.3 is 4.74 Å². The molecule has 77 heavy (non-hydrogen) atoms. The summed E-state index contributed by atoms with van der Waals surface area (Å²) in [5.74, 6) is 1.18. The molecule has 2 aliphatic rings. The molecular weight excluding hydrogens is 937 g/mol. The lowest BCUT2D eigenvalue weighted by Gasteiger charge is -2.42. The van der Waals surface area contributed by atoms with Crippen LogP contribution in [0, 0.1) is 6.33 Å². The van der Waals surface area contributed by atoms with Crippen LogP contribution in [-0.4, -0.2) is 14.1 Å². The largest absolute Gasteiger partial charge is 0.458 e. The molecule has 0 spiro atoms. The third kappa shape index (κ3) is 7.73. The molecule has 0 unspecified atom stereocenters. The van der Waals surface area contributed by atoms with Gasteiger partial charge in [-0.25, -0.2) is 4.98 Å². The summed E-state index contributed by atoms with van der Waals surface area (Å²) in [5, 5.41) is 1.81. The number of aromatic nitrogens is 4. The van der Waals surface area contributed by atoms with Crippen LogP contribution in [0.15, 0.2) is 212 Å². The van der Waals surface area contributed by atoms with Crippen LogP contribution in [0.2, 0.25) is 0 Å². The molecule has 4 heterocycles. The van der Waals surface area contributed by atoms with Gasteiger partial charge in [-0.15, -0.1) is 0 Å². The van der Waals surface area contributed by atoms with E-state index in [1.165, 1.54) is 15.2 Å². The van der Waals surface area contributed by atoms with Crippen molar-refractivity contribution in [2.45, 2.75) is 77.2 Å². The van der Waals surface area contributed by atoms with Gasteiger partial charge in [0, 0.05) is 45.0 Å². The number of imidazole rings is 1. The Kier molecular flexibility index (Phi) is 5.94. The Balaban J connectivity index is 1.15. The van der Waals surface area contributed by atoms with Gasteiger partial charge in [-0.3, -0.25) is 13.7 Å². The van der Waals surface area contributed by atoms with Crippen LogP contribution in [0.3, 0.4) is 0 Å². The Hall–Kier alpha value is -8.80. The maximum absolute atomic E-state index is 10.4. The van der Waals surface area contributed by atoms with Gasteiger partial charge in [-0.2, -0.15) is 0 Å². The summed E-state index contributed by atoms with van der Waals surface area (Å²) in [4.78, 5) is 4.82. The number of para-hydroxylation sites is 1. The molecule has 5 heteroatoms. The Morgan fingerprint density at radius 1 is 0.571 bits per heavy atom. The highest BCUT2D eigenvalue weighted by molar-refractivity contribution is 6.09. The van der Waals surface area contributed by atoms with E-state index in [1.54, 1.807) is 85.1 Å². The lowest BCUT2D eigenvalue weighted by atomic mass is 9.63. The van der Waals surface area contributed by atoms with E-state index in [0.29, 0.717) is 22.7 Å². The molecule has 1 aliphatic heterocycles. The molecule has 3 aromatic heterocycles. The van der Waals surface area contributed by atoms with E-state index in [-0.39, 0.29) is 50.3 Å². The Morgan fingerprint density at radius 3 is 2.04 bits per heavy atom. The zero-order valence-corrected chi connectivity index (χ0v) is 41.6. The molecule has 0 bridgehead atoms. The van der Waals surface area contributed by atoms with Crippen LogP contribution in [0.25, 0.3) is 106 Å². The first-order valence-corrected chi connectivity index (χ1v) is 24.8. The molecule has 0 radical (unpaired) electrons. The van der Waals surface area contributed by atoms with Gasteiger partial charge in [0.05, 0.1) is 48.5 Å². The van der Waals surface area contributed by atoms with Crippen LogP contribution in [0.1, 0.15) is 115 Å². The number of nitrogens with zero attached hydrogens (tertiary/aromatic N) is 4. The highest BCUT2D eigenvalue weighted by Gasteiger charge is 2.37. The second kappa shape index (κ2) is 17.4. The number of fused-ring (bicyclic) bond motifs is 11. The van der Waals surface area contributed by atoms with E-state index in [1.807, 2.05) is 53.1 Å². The maximum atomic E-state index is 10.4. The third-order valence-corrected chi connectivity index (χ3v) is 14.3. The fourth-order valence-corrected chi connectivity index (χ4v) is 10.6. The molecule has 1 aliphatic carbocycles. The highest BCUT2D eigenvalue weighted by Crippen LogP contribution is 2.49. The number of rotatable bonds is 6. The van der Waals surface area contributed by atoms with Gasteiger partial charge in [0.15, 0.2) is 0 Å². The average molecular weight is 1020 g/mol. The summed E-state index contributed by atoms with van der Waals surface area (Å²) in [5.41, 5.74) is -12.3. The van der Waals surface area contributed by atoms with Gasteiger partial charge in [0.25, 0.3) is 6.33 Å². The van der Waals surface area contributed by atoms with Crippen molar-refractivity contribution in [3.63, 3.8) is 0 Å². The average Bonchev–Trinajstić information content (AvgIpc) is 0.734. The molecule has 12 aromatic rings. The predicted octanol–water partition coefficient (Wildman–Crippen LogP) is 18.3. The van der Waals surface area contributed by atoms with Crippen molar-refractivity contribution in [3.05, 3.63) is 235 Å². The lowest BCUT2D eigenvalue weighted by Crippen LogP contribution is -2.33. The number of hydrogen-bond acceptors (Lipinski definition) is 2. The first kappa shape index (κ1) is 26.3. The Labute approximate surface area is 489 Å². The zero-order chi connectivity index (χ0) is 75.5. The summed E-state index contributed by atoms with van der Waals surface area (Å²) in [6.45, 7) is -11.2. The number of hydrogen-bond donors (Lipinski definition) is 0. The first-order valence-electron chi connectivity index (χ1n) is 38.3. The minimum atomic E-state index is -4.68. The zero-order valence-electron chi connectivity index (χ0n) is 68.6. The highest BCUT2D eigenvalue weighted by atomic mass is 16.5. The van der Waals surface area contributed by atoms with Crippen molar-refractivity contribution in [1.29, 1.82) is 0 Å². The smallest absolute Gasteiger partial charge is 0.269 e. The van der Waals surface area contributed by atoms with E-state index in [4.69, 9.17) is 28.9 Å². The predicted molar refractivity (Wildman–Crippen MR) is 317 cm³/mol. The van der Waals surface area contributed by atoms with Gasteiger partial charge in [0.1, 0.15) is 17.3 Å². The molecule has 0 fully saturated rings. The fraction of sp³-hybridized carbons (Fsp3) is 0.167. The van der Waals surface area contributed by atoms with E-state index >= 15 is 0 Å². The Bertz CT molecular complexity index is 5650. The molecule has 9 aromatic carbocycles. The summed E-state index contributed by atoms with van der Waals surface area (Å²) in [6.07, 6.45) is -4.16. The molecule has 0 saturated carbocycles. The maximum Gasteiger partial charge on any atom is 0.269 e. The molecule has 0 amide bonds. The normalized spacial score (nSPS) is 21.3. The molecule has 0 N–H and O–H groups in total. The van der Waals surface area contributed by atoms with Crippen molar-refractivity contribution in [3.8, 4) is 84.3 Å². The summed E-state index contributed by atoms with van der Waals surface area (Å²) < 4.78 is 264. The van der Waals surface area contributed by atoms with E-state index in [0.717, 1.165) is 33.4 Å². The number of pyridine rings is 1. The molecule has 5 nitrogen and oxygen atoms in total. The van der Waals surface area contributed by atoms with Crippen LogP contribution >= 0.6 is 0 Å². The summed E-state index contributed by atoms with van der Waals surface area (Å²) in [6, 6.07) is 29.2. The van der Waals surface area contributed by atoms with Gasteiger partial charge >= 0.3 is 0 Å². The van der Waals surface area contributed by atoms with Gasteiger partial charge in [-0.1, -0.05) is 187 Å². The second-order valence-electron chi connectivity index (χ2n) is 20.3. The number of ether oxygens (including phenoxy) is 1. The third-order valence-electron chi connectivity index (χ3n) is 14.3. The van der Waals surface area contributed by atoms with Gasteiger partial charge in [0.2, 0.25) is 0 Å². The van der Waals surface area contributed by atoms with Crippen LogP contribution < -0.4 is 9.30 Å². The first-order chi connectivity index (χ1) is 48.4. The van der Waals surface area contributed by atoms with E-state index in [9.17, 15) is 17.8 Å². The monoisotopic (exact) mass is 1020 g/mol. The van der Waals surface area contributed by atoms with Crippen molar-refractivity contribution >= 4 is 32.8 Å². The SMILES string of the molecule is [2H]c1c([2H])c([2H])c2c(c1[2H])-c1ccc(-c3ccccc3)cc1-[n+]1[c-]n(-c3cccc(Oc4ccc5c6ccccc6n(-c6cc(C(C)(C)C)ccn6)c5c4)c3)c3cc(-c4c([2H])c([2H])c5c(c4[2H])C(C([2H])([2H])[2H])(C([2H])([2H])[2H])C([2H])([2H])C([2H])([2H])C5(C([2H])([2H])[2H])C([2H])([2H])[2H])cc(c31)-c1c([2H])c([2H])c([2H])c([2H])c1-2. The lowest BCUT2D eigenvalue weighted by molar-refractivity contribution is -0.571. The molecule has 0 saturated heterocycles. The van der Waals surface area contributed by atoms with Crippen LogP contribution in [0.5, 0.6) is 11.5 Å². The van der Waals surface area contributed by atoms with Crippen molar-refractivity contribution in [1.82, 2.24) is 14.1 Å². The summed E-state index contributed by atoms with van der Waals surface area (Å²) >= 11 is 0. The quantitative estimate of drug-likeness (QED) is 0.123. The van der Waals surface area contributed by atoms with Crippen molar-refractivity contribution in [2.24, 2.45) is 0 Å². The summed E-state index contributed by atoms with van der Waals surface area (Å²) in [7, 11) is 0. The molecule has 0 atom stereocenters. The van der Waals surface area contributed by atoms with Crippen molar-refractivity contribution < 1.29 is 46.3 Å².